The van der Waals surface area contributed by atoms with Crippen molar-refractivity contribution in [2.45, 2.75) is 32.2 Å². The number of nitriles is 1. The van der Waals surface area contributed by atoms with Crippen LogP contribution in [-0.4, -0.2) is 29.0 Å². The Balaban J connectivity index is 2.91. The molecule has 0 spiro atoms. The fourth-order valence-corrected chi connectivity index (χ4v) is 1.61. The fourth-order valence-electron chi connectivity index (χ4n) is 1.61. The highest BCUT2D eigenvalue weighted by Gasteiger charge is 2.33. The van der Waals surface area contributed by atoms with Crippen LogP contribution in [0.2, 0.25) is 0 Å². The van der Waals surface area contributed by atoms with Gasteiger partial charge in [0, 0.05) is 5.69 Å². The average Bonchev–Trinajstić information content (AvgIpc) is 2.46. The Kier molecular flexibility index (Phi) is 5.63. The lowest BCUT2D eigenvalue weighted by atomic mass is 10.00. The maximum absolute atomic E-state index is 12.2. The van der Waals surface area contributed by atoms with E-state index >= 15 is 0 Å². The SMILES string of the molecule is CC[C@@](C)(NC(=O)Nc1ccc(OC(F)(F)F)c(C#N)c1)C(=O)O. The summed E-state index contributed by atoms with van der Waals surface area (Å²) in [7, 11) is 0. The number of halogens is 3. The van der Waals surface area contributed by atoms with Crippen LogP contribution in [0.3, 0.4) is 0 Å². The molecule has 0 radical (unpaired) electrons. The third-order valence-corrected chi connectivity index (χ3v) is 3.15. The minimum Gasteiger partial charge on any atom is -0.480 e. The minimum atomic E-state index is -4.96. The Morgan fingerprint density at radius 2 is 2.00 bits per heavy atom. The van der Waals surface area contributed by atoms with Gasteiger partial charge < -0.3 is 20.5 Å². The number of hydrogen-bond acceptors (Lipinski definition) is 4. The van der Waals surface area contributed by atoms with Gasteiger partial charge in [-0.3, -0.25) is 0 Å². The highest BCUT2D eigenvalue weighted by Crippen LogP contribution is 2.28. The molecule has 0 bridgehead atoms. The van der Waals surface area contributed by atoms with Crippen molar-refractivity contribution in [1.29, 1.82) is 5.26 Å². The van der Waals surface area contributed by atoms with Crippen molar-refractivity contribution in [3.05, 3.63) is 23.8 Å². The van der Waals surface area contributed by atoms with E-state index in [-0.39, 0.29) is 12.1 Å². The van der Waals surface area contributed by atoms with Gasteiger partial charge in [0.15, 0.2) is 0 Å². The highest BCUT2D eigenvalue weighted by atomic mass is 19.4. The summed E-state index contributed by atoms with van der Waals surface area (Å²) in [6, 6.07) is 3.58. The average molecular weight is 345 g/mol. The first-order valence-electron chi connectivity index (χ1n) is 6.63. The van der Waals surface area contributed by atoms with Crippen LogP contribution in [0.15, 0.2) is 18.2 Å². The predicted molar refractivity (Wildman–Crippen MR) is 76.3 cm³/mol. The Bertz CT molecular complexity index is 685. The van der Waals surface area contributed by atoms with Crippen molar-refractivity contribution in [2.24, 2.45) is 0 Å². The summed E-state index contributed by atoms with van der Waals surface area (Å²) >= 11 is 0. The number of anilines is 1. The number of rotatable bonds is 5. The lowest BCUT2D eigenvalue weighted by Crippen LogP contribution is -2.53. The largest absolute Gasteiger partial charge is 0.573 e. The Hall–Kier alpha value is -2.96. The summed E-state index contributed by atoms with van der Waals surface area (Å²) in [6.07, 6.45) is -4.85. The Morgan fingerprint density at radius 1 is 1.38 bits per heavy atom. The van der Waals surface area contributed by atoms with E-state index in [1.165, 1.54) is 13.0 Å². The molecule has 10 heteroatoms. The number of carbonyl (C=O) groups excluding carboxylic acids is 1. The lowest BCUT2D eigenvalue weighted by molar-refractivity contribution is -0.274. The zero-order valence-electron chi connectivity index (χ0n) is 12.7. The molecule has 0 aliphatic rings. The van der Waals surface area contributed by atoms with Crippen LogP contribution in [0.1, 0.15) is 25.8 Å². The molecule has 1 aromatic carbocycles. The van der Waals surface area contributed by atoms with Crippen molar-refractivity contribution < 1.29 is 32.6 Å². The third kappa shape index (κ3) is 5.05. The second-order valence-electron chi connectivity index (χ2n) is 4.94. The quantitative estimate of drug-likeness (QED) is 0.760. The number of carboxylic acid groups (broad SMARTS) is 1. The van der Waals surface area contributed by atoms with Crippen LogP contribution in [0, 0.1) is 11.3 Å². The molecule has 0 fully saturated rings. The number of carbonyl (C=O) groups is 2. The summed E-state index contributed by atoms with van der Waals surface area (Å²) in [5.74, 6) is -1.95. The van der Waals surface area contributed by atoms with Gasteiger partial charge in [-0.2, -0.15) is 5.26 Å². The second-order valence-corrected chi connectivity index (χ2v) is 4.94. The molecule has 3 N–H and O–H groups in total. The van der Waals surface area contributed by atoms with Crippen molar-refractivity contribution in [3.63, 3.8) is 0 Å². The molecule has 0 aromatic heterocycles. The number of alkyl halides is 3. The van der Waals surface area contributed by atoms with Crippen LogP contribution in [0.25, 0.3) is 0 Å². The van der Waals surface area contributed by atoms with Crippen molar-refractivity contribution in [3.8, 4) is 11.8 Å². The van der Waals surface area contributed by atoms with Gasteiger partial charge in [-0.15, -0.1) is 13.2 Å². The van der Waals surface area contributed by atoms with Crippen LogP contribution >= 0.6 is 0 Å². The zero-order chi connectivity index (χ0) is 18.5. The number of benzene rings is 1. The summed E-state index contributed by atoms with van der Waals surface area (Å²) in [5.41, 5.74) is -1.95. The molecule has 2 amide bonds. The van der Waals surface area contributed by atoms with E-state index in [1.54, 1.807) is 6.92 Å². The first-order chi connectivity index (χ1) is 11.0. The van der Waals surface area contributed by atoms with E-state index in [0.29, 0.717) is 0 Å². The number of aliphatic carboxylic acids is 1. The van der Waals surface area contributed by atoms with Gasteiger partial charge in [0.1, 0.15) is 17.4 Å². The molecular formula is C14H14F3N3O4. The molecule has 0 aliphatic heterocycles. The van der Waals surface area contributed by atoms with E-state index < -0.39 is 35.2 Å². The normalized spacial score (nSPS) is 13.3. The van der Waals surface area contributed by atoms with Gasteiger partial charge in [-0.1, -0.05) is 6.92 Å². The summed E-state index contributed by atoms with van der Waals surface area (Å²) in [4.78, 5) is 22.9. The number of urea groups is 1. The van der Waals surface area contributed by atoms with Gasteiger partial charge >= 0.3 is 18.4 Å². The predicted octanol–water partition coefficient (Wildman–Crippen LogP) is 2.83. The van der Waals surface area contributed by atoms with Gasteiger partial charge in [-0.05, 0) is 31.5 Å². The maximum Gasteiger partial charge on any atom is 0.573 e. The molecular weight excluding hydrogens is 331 g/mol. The van der Waals surface area contributed by atoms with Gasteiger partial charge in [-0.25, -0.2) is 9.59 Å². The first-order valence-corrected chi connectivity index (χ1v) is 6.63. The van der Waals surface area contributed by atoms with E-state index in [4.69, 9.17) is 10.4 Å². The molecule has 130 valence electrons. The lowest BCUT2D eigenvalue weighted by Gasteiger charge is -2.24. The Labute approximate surface area is 135 Å². The van der Waals surface area contributed by atoms with Gasteiger partial charge in [0.25, 0.3) is 0 Å². The molecule has 1 rings (SSSR count). The van der Waals surface area contributed by atoms with Crippen LogP contribution in [-0.2, 0) is 4.79 Å². The summed E-state index contributed by atoms with van der Waals surface area (Å²) in [6.45, 7) is 2.86. The minimum absolute atomic E-state index is 0.00224. The topological polar surface area (TPSA) is 111 Å². The summed E-state index contributed by atoms with van der Waals surface area (Å²) in [5, 5.41) is 22.4. The summed E-state index contributed by atoms with van der Waals surface area (Å²) < 4.78 is 40.3. The number of carboxylic acids is 1. The van der Waals surface area contributed by atoms with Gasteiger partial charge in [0.2, 0.25) is 0 Å². The molecule has 0 heterocycles. The van der Waals surface area contributed by atoms with Crippen molar-refractivity contribution >= 4 is 17.7 Å². The third-order valence-electron chi connectivity index (χ3n) is 3.15. The van der Waals surface area contributed by atoms with Crippen LogP contribution < -0.4 is 15.4 Å². The number of nitrogens with one attached hydrogen (secondary N) is 2. The molecule has 0 aliphatic carbocycles. The molecule has 1 atom stereocenters. The molecule has 0 unspecified atom stereocenters. The zero-order valence-corrected chi connectivity index (χ0v) is 12.7. The number of nitrogens with zero attached hydrogens (tertiary/aromatic N) is 1. The number of ether oxygens (including phenoxy) is 1. The van der Waals surface area contributed by atoms with Gasteiger partial charge in [0.05, 0.1) is 5.56 Å². The standard InChI is InChI=1S/C14H14F3N3O4/c1-3-13(2,11(21)22)20-12(23)19-9-4-5-10(8(6-9)7-18)24-14(15,16)17/h4-6H,3H2,1-2H3,(H,21,22)(H2,19,20,23)/t13-/m1/s1. The molecule has 0 saturated heterocycles. The van der Waals surface area contributed by atoms with Crippen LogP contribution in [0.5, 0.6) is 5.75 Å². The van der Waals surface area contributed by atoms with E-state index in [2.05, 4.69) is 15.4 Å². The van der Waals surface area contributed by atoms with Crippen molar-refractivity contribution in [1.82, 2.24) is 5.32 Å². The first kappa shape index (κ1) is 19.1. The van der Waals surface area contributed by atoms with Crippen molar-refractivity contribution in [2.75, 3.05) is 5.32 Å². The number of hydrogen-bond donors (Lipinski definition) is 3. The Morgan fingerprint density at radius 3 is 2.46 bits per heavy atom. The van der Waals surface area contributed by atoms with Crippen LogP contribution in [0.4, 0.5) is 23.7 Å². The number of amides is 2. The smallest absolute Gasteiger partial charge is 0.480 e. The van der Waals surface area contributed by atoms with E-state index in [9.17, 15) is 22.8 Å². The monoisotopic (exact) mass is 345 g/mol. The second kappa shape index (κ2) is 7.08. The molecule has 0 saturated carbocycles. The molecule has 1 aromatic rings. The molecule has 24 heavy (non-hydrogen) atoms. The van der Waals surface area contributed by atoms with E-state index in [0.717, 1.165) is 18.2 Å². The fraction of sp³-hybridized carbons (Fsp3) is 0.357. The highest BCUT2D eigenvalue weighted by molar-refractivity contribution is 5.94. The maximum atomic E-state index is 12.2. The molecule has 7 nitrogen and oxygen atoms in total. The van der Waals surface area contributed by atoms with E-state index in [1.807, 2.05) is 0 Å².